The van der Waals surface area contributed by atoms with E-state index in [1.54, 1.807) is 47.6 Å². The summed E-state index contributed by atoms with van der Waals surface area (Å²) in [5.41, 5.74) is 1.47. The van der Waals surface area contributed by atoms with E-state index in [1.165, 1.54) is 7.11 Å². The van der Waals surface area contributed by atoms with Gasteiger partial charge in [0.1, 0.15) is 11.5 Å². The average molecular weight is 388 g/mol. The Balaban J connectivity index is 1.72. The number of carbonyl (C=O) groups excluding carboxylic acids is 1. The maximum Gasteiger partial charge on any atom is 0.258 e. The average Bonchev–Trinajstić information content (AvgIpc) is 3.26. The molecule has 0 fully saturated rings. The number of furan rings is 1. The third-order valence-electron chi connectivity index (χ3n) is 4.74. The monoisotopic (exact) mass is 388 g/mol. The highest BCUT2D eigenvalue weighted by molar-refractivity contribution is 5.97. The number of aromatic amines is 1. The van der Waals surface area contributed by atoms with Crippen LogP contribution in [0.5, 0.6) is 5.75 Å². The molecule has 0 saturated heterocycles. The van der Waals surface area contributed by atoms with Gasteiger partial charge in [-0.05, 0) is 41.8 Å². The van der Waals surface area contributed by atoms with E-state index in [9.17, 15) is 9.59 Å². The molecule has 29 heavy (non-hydrogen) atoms. The summed E-state index contributed by atoms with van der Waals surface area (Å²) in [5, 5.41) is 0.907. The Kier molecular flexibility index (Phi) is 5.16. The van der Waals surface area contributed by atoms with Crippen LogP contribution in [0.15, 0.2) is 82.2 Å². The van der Waals surface area contributed by atoms with E-state index >= 15 is 0 Å². The SMILES string of the molecule is COc1ccccc1C(=O)N(Cc1ccco1)Cc1cc2ccccc2[nH]c1=O. The lowest BCUT2D eigenvalue weighted by Gasteiger charge is -2.22. The van der Waals surface area contributed by atoms with E-state index in [1.807, 2.05) is 30.3 Å². The van der Waals surface area contributed by atoms with Gasteiger partial charge in [-0.15, -0.1) is 0 Å². The number of methoxy groups -OCH3 is 1. The van der Waals surface area contributed by atoms with Gasteiger partial charge in [-0.25, -0.2) is 0 Å². The van der Waals surface area contributed by atoms with E-state index in [0.29, 0.717) is 22.6 Å². The summed E-state index contributed by atoms with van der Waals surface area (Å²) < 4.78 is 10.8. The smallest absolute Gasteiger partial charge is 0.258 e. The summed E-state index contributed by atoms with van der Waals surface area (Å²) in [5.74, 6) is 0.867. The van der Waals surface area contributed by atoms with Crippen LogP contribution in [-0.4, -0.2) is 22.9 Å². The van der Waals surface area contributed by atoms with Crippen molar-refractivity contribution in [3.05, 3.63) is 100 Å². The van der Waals surface area contributed by atoms with Crippen molar-refractivity contribution in [1.82, 2.24) is 9.88 Å². The molecule has 4 aromatic rings. The van der Waals surface area contributed by atoms with Crippen LogP contribution in [0.2, 0.25) is 0 Å². The van der Waals surface area contributed by atoms with Crippen LogP contribution >= 0.6 is 0 Å². The molecule has 6 heteroatoms. The van der Waals surface area contributed by atoms with E-state index in [2.05, 4.69) is 4.98 Å². The summed E-state index contributed by atoms with van der Waals surface area (Å²) in [6.07, 6.45) is 1.56. The number of nitrogens with one attached hydrogen (secondary N) is 1. The van der Waals surface area contributed by atoms with Crippen molar-refractivity contribution in [2.75, 3.05) is 7.11 Å². The highest BCUT2D eigenvalue weighted by Gasteiger charge is 2.22. The van der Waals surface area contributed by atoms with Crippen molar-refractivity contribution in [3.8, 4) is 5.75 Å². The minimum Gasteiger partial charge on any atom is -0.496 e. The number of aromatic nitrogens is 1. The molecule has 0 aliphatic rings. The molecule has 2 aromatic carbocycles. The van der Waals surface area contributed by atoms with Crippen LogP contribution in [0.3, 0.4) is 0 Å². The molecule has 1 N–H and O–H groups in total. The van der Waals surface area contributed by atoms with Gasteiger partial charge in [0.05, 0.1) is 32.0 Å². The maximum absolute atomic E-state index is 13.3. The number of rotatable bonds is 6. The van der Waals surface area contributed by atoms with E-state index in [-0.39, 0.29) is 24.6 Å². The van der Waals surface area contributed by atoms with Crippen molar-refractivity contribution in [3.63, 3.8) is 0 Å². The molecule has 4 rings (SSSR count). The summed E-state index contributed by atoms with van der Waals surface area (Å²) in [6, 6.07) is 20.0. The standard InChI is InChI=1S/C23H20N2O4/c1-28-21-11-5-3-9-19(21)23(27)25(15-18-8-6-12-29-18)14-17-13-16-7-2-4-10-20(16)24-22(17)26/h2-13H,14-15H2,1H3,(H,24,26). The van der Waals surface area contributed by atoms with E-state index in [0.717, 1.165) is 10.9 Å². The number of hydrogen-bond donors (Lipinski definition) is 1. The lowest BCUT2D eigenvalue weighted by molar-refractivity contribution is 0.0713. The van der Waals surface area contributed by atoms with Gasteiger partial charge in [-0.3, -0.25) is 9.59 Å². The molecule has 0 radical (unpaired) electrons. The van der Waals surface area contributed by atoms with Crippen LogP contribution in [0, 0.1) is 0 Å². The summed E-state index contributed by atoms with van der Waals surface area (Å²) in [4.78, 5) is 30.4. The second-order valence-corrected chi connectivity index (χ2v) is 6.65. The first-order valence-electron chi connectivity index (χ1n) is 9.21. The number of amides is 1. The molecule has 0 aliphatic carbocycles. The summed E-state index contributed by atoms with van der Waals surface area (Å²) in [6.45, 7) is 0.369. The van der Waals surface area contributed by atoms with Gasteiger partial charge >= 0.3 is 0 Å². The van der Waals surface area contributed by atoms with Gasteiger partial charge in [-0.2, -0.15) is 0 Å². The number of benzene rings is 2. The molecule has 0 atom stereocenters. The van der Waals surface area contributed by atoms with Crippen molar-refractivity contribution >= 4 is 16.8 Å². The number of nitrogens with zero attached hydrogens (tertiary/aromatic N) is 1. The van der Waals surface area contributed by atoms with Crippen LogP contribution in [0.4, 0.5) is 0 Å². The predicted molar refractivity (Wildman–Crippen MR) is 110 cm³/mol. The first-order chi connectivity index (χ1) is 14.2. The Morgan fingerprint density at radius 2 is 1.83 bits per heavy atom. The number of pyridine rings is 1. The van der Waals surface area contributed by atoms with Gasteiger partial charge in [0, 0.05) is 11.1 Å². The molecule has 2 aromatic heterocycles. The van der Waals surface area contributed by atoms with Gasteiger partial charge in [0.2, 0.25) is 0 Å². The Morgan fingerprint density at radius 1 is 1.03 bits per heavy atom. The molecule has 146 valence electrons. The minimum absolute atomic E-state index is 0.137. The van der Waals surface area contributed by atoms with Gasteiger partial charge in [0.25, 0.3) is 11.5 Å². The Bertz CT molecular complexity index is 1190. The number of para-hydroxylation sites is 2. The highest BCUT2D eigenvalue weighted by atomic mass is 16.5. The topological polar surface area (TPSA) is 75.5 Å². The zero-order chi connectivity index (χ0) is 20.2. The first kappa shape index (κ1) is 18.6. The number of hydrogen-bond acceptors (Lipinski definition) is 4. The molecule has 0 bridgehead atoms. The van der Waals surface area contributed by atoms with Crippen LogP contribution < -0.4 is 10.3 Å². The summed E-state index contributed by atoms with van der Waals surface area (Å²) >= 11 is 0. The minimum atomic E-state index is -0.244. The van der Waals surface area contributed by atoms with Crippen LogP contribution in [0.25, 0.3) is 10.9 Å². The van der Waals surface area contributed by atoms with Gasteiger partial charge in [-0.1, -0.05) is 30.3 Å². The number of ether oxygens (including phenoxy) is 1. The molecule has 0 saturated carbocycles. The van der Waals surface area contributed by atoms with Crippen molar-refractivity contribution in [2.45, 2.75) is 13.1 Å². The fourth-order valence-electron chi connectivity index (χ4n) is 3.30. The third kappa shape index (κ3) is 3.91. The van der Waals surface area contributed by atoms with Crippen molar-refractivity contribution < 1.29 is 13.9 Å². The molecule has 0 spiro atoms. The zero-order valence-corrected chi connectivity index (χ0v) is 15.9. The Hall–Kier alpha value is -3.80. The second kappa shape index (κ2) is 8.06. The Morgan fingerprint density at radius 3 is 2.62 bits per heavy atom. The fraction of sp³-hybridized carbons (Fsp3) is 0.130. The van der Waals surface area contributed by atoms with Crippen molar-refractivity contribution in [1.29, 1.82) is 0 Å². The molecule has 6 nitrogen and oxygen atoms in total. The molecule has 0 unspecified atom stereocenters. The van der Waals surface area contributed by atoms with Gasteiger partial charge < -0.3 is 19.0 Å². The largest absolute Gasteiger partial charge is 0.496 e. The molecular weight excluding hydrogens is 368 g/mol. The third-order valence-corrected chi connectivity index (χ3v) is 4.74. The summed E-state index contributed by atoms with van der Waals surface area (Å²) in [7, 11) is 1.52. The van der Waals surface area contributed by atoms with E-state index in [4.69, 9.17) is 9.15 Å². The predicted octanol–water partition coefficient (Wildman–Crippen LogP) is 3.97. The van der Waals surface area contributed by atoms with Crippen LogP contribution in [-0.2, 0) is 13.1 Å². The fourth-order valence-corrected chi connectivity index (χ4v) is 3.30. The lowest BCUT2D eigenvalue weighted by Crippen LogP contribution is -2.32. The quantitative estimate of drug-likeness (QED) is 0.542. The lowest BCUT2D eigenvalue weighted by atomic mass is 10.1. The number of fused-ring (bicyclic) bond motifs is 1. The molecular formula is C23H20N2O4. The van der Waals surface area contributed by atoms with Gasteiger partial charge in [0.15, 0.2) is 0 Å². The molecule has 1 amide bonds. The molecule has 0 aliphatic heterocycles. The van der Waals surface area contributed by atoms with Crippen molar-refractivity contribution in [2.24, 2.45) is 0 Å². The first-order valence-corrected chi connectivity index (χ1v) is 9.21. The normalized spacial score (nSPS) is 10.8. The molecule has 2 heterocycles. The van der Waals surface area contributed by atoms with E-state index < -0.39 is 0 Å². The second-order valence-electron chi connectivity index (χ2n) is 6.65. The van der Waals surface area contributed by atoms with Crippen LogP contribution in [0.1, 0.15) is 21.7 Å². The number of carbonyl (C=O) groups is 1. The highest BCUT2D eigenvalue weighted by Crippen LogP contribution is 2.22. The maximum atomic E-state index is 13.3. The number of H-pyrrole nitrogens is 1. The zero-order valence-electron chi connectivity index (χ0n) is 15.9. The Labute approximate surface area is 167 Å².